The van der Waals surface area contributed by atoms with Crippen molar-refractivity contribution in [2.75, 3.05) is 18.9 Å². The summed E-state index contributed by atoms with van der Waals surface area (Å²) < 4.78 is 0. The van der Waals surface area contributed by atoms with E-state index in [0.29, 0.717) is 0 Å². The van der Waals surface area contributed by atoms with Crippen LogP contribution in [-0.2, 0) is 0 Å². The molecule has 0 aromatic heterocycles. The lowest BCUT2D eigenvalue weighted by Crippen LogP contribution is -2.06. The Kier molecular flexibility index (Phi) is 8.85. The normalized spacial score (nSPS) is 10.0. The van der Waals surface area contributed by atoms with Crippen molar-refractivity contribution in [1.82, 2.24) is 5.32 Å². The summed E-state index contributed by atoms with van der Waals surface area (Å²) in [6.45, 7) is 1.17. The van der Waals surface area contributed by atoms with E-state index in [-0.39, 0.29) is 0 Å². The van der Waals surface area contributed by atoms with Gasteiger partial charge in [-0.3, -0.25) is 0 Å². The van der Waals surface area contributed by atoms with Gasteiger partial charge in [0.2, 0.25) is 0 Å². The molecule has 0 aromatic rings. The third-order valence-electron chi connectivity index (χ3n) is 1.31. The quantitative estimate of drug-likeness (QED) is 0.504. The van der Waals surface area contributed by atoms with E-state index >= 15 is 0 Å². The fourth-order valence-corrected chi connectivity index (χ4v) is 1.15. The summed E-state index contributed by atoms with van der Waals surface area (Å²) in [5, 5.41) is 4.29. The van der Waals surface area contributed by atoms with Crippen LogP contribution < -0.4 is 5.32 Å². The molecule has 0 bridgehead atoms. The fraction of sp³-hybridized carbons (Fsp3) is 1.00. The third-order valence-corrected chi connectivity index (χ3v) is 1.87. The summed E-state index contributed by atoms with van der Waals surface area (Å²) in [7, 11) is 2.00. The minimum atomic E-state index is 1.16. The van der Waals surface area contributed by atoms with Crippen molar-refractivity contribution in [2.45, 2.75) is 25.7 Å². The first-order valence-electron chi connectivity index (χ1n) is 3.62. The van der Waals surface area contributed by atoms with E-state index in [1.54, 1.807) is 0 Å². The highest BCUT2D eigenvalue weighted by atomic mass is 79.9. The second-order valence-electron chi connectivity index (χ2n) is 2.21. The van der Waals surface area contributed by atoms with Crippen LogP contribution in [0.4, 0.5) is 0 Å². The van der Waals surface area contributed by atoms with Crippen molar-refractivity contribution in [3.8, 4) is 0 Å². The molecule has 1 N–H and O–H groups in total. The standard InChI is InChI=1S/C7H16BrN/c1-9-7-5-3-2-4-6-8/h9H,2-7H2,1H3. The lowest BCUT2D eigenvalue weighted by atomic mass is 10.2. The fourth-order valence-electron chi connectivity index (χ4n) is 0.750. The highest BCUT2D eigenvalue weighted by Gasteiger charge is 1.85. The van der Waals surface area contributed by atoms with Crippen LogP contribution in [0.2, 0.25) is 0 Å². The first-order chi connectivity index (χ1) is 4.41. The van der Waals surface area contributed by atoms with Gasteiger partial charge in [-0.2, -0.15) is 0 Å². The van der Waals surface area contributed by atoms with Gasteiger partial charge in [0.05, 0.1) is 0 Å². The molecule has 0 unspecified atom stereocenters. The molecule has 9 heavy (non-hydrogen) atoms. The molecule has 0 atom stereocenters. The SMILES string of the molecule is CNCCCCCCBr. The lowest BCUT2D eigenvalue weighted by Gasteiger charge is -1.96. The molecule has 56 valence electrons. The van der Waals surface area contributed by atoms with Crippen LogP contribution in [0.3, 0.4) is 0 Å². The highest BCUT2D eigenvalue weighted by Crippen LogP contribution is 2.00. The van der Waals surface area contributed by atoms with E-state index < -0.39 is 0 Å². The van der Waals surface area contributed by atoms with Gasteiger partial charge in [-0.05, 0) is 26.4 Å². The summed E-state index contributed by atoms with van der Waals surface area (Å²) in [4.78, 5) is 0. The van der Waals surface area contributed by atoms with Crippen LogP contribution in [0, 0.1) is 0 Å². The average molecular weight is 194 g/mol. The van der Waals surface area contributed by atoms with Crippen LogP contribution in [0.1, 0.15) is 25.7 Å². The summed E-state index contributed by atoms with van der Waals surface area (Å²) >= 11 is 3.40. The topological polar surface area (TPSA) is 12.0 Å². The van der Waals surface area contributed by atoms with Crippen molar-refractivity contribution in [1.29, 1.82) is 0 Å². The van der Waals surface area contributed by atoms with E-state index in [1.807, 2.05) is 7.05 Å². The van der Waals surface area contributed by atoms with Crippen molar-refractivity contribution >= 4 is 15.9 Å². The van der Waals surface area contributed by atoms with Crippen LogP contribution in [0.5, 0.6) is 0 Å². The maximum Gasteiger partial charge on any atom is 0.00313 e. The number of alkyl halides is 1. The molecule has 0 heterocycles. The Hall–Kier alpha value is 0.440. The van der Waals surface area contributed by atoms with Crippen LogP contribution in [-0.4, -0.2) is 18.9 Å². The number of unbranched alkanes of at least 4 members (excludes halogenated alkanes) is 3. The molecule has 2 heteroatoms. The molecule has 0 aliphatic rings. The minimum Gasteiger partial charge on any atom is -0.320 e. The van der Waals surface area contributed by atoms with Crippen LogP contribution >= 0.6 is 15.9 Å². The van der Waals surface area contributed by atoms with E-state index in [1.165, 1.54) is 32.2 Å². The summed E-state index contributed by atoms with van der Waals surface area (Å²) in [5.74, 6) is 0. The van der Waals surface area contributed by atoms with E-state index in [4.69, 9.17) is 0 Å². The molecule has 0 spiro atoms. The average Bonchev–Trinajstić information content (AvgIpc) is 1.89. The van der Waals surface area contributed by atoms with Gasteiger partial charge in [-0.25, -0.2) is 0 Å². The van der Waals surface area contributed by atoms with Crippen molar-refractivity contribution in [2.24, 2.45) is 0 Å². The first kappa shape index (κ1) is 9.44. The molecule has 0 aliphatic carbocycles. The summed E-state index contributed by atoms with van der Waals surface area (Å²) in [5.41, 5.74) is 0. The number of nitrogens with one attached hydrogen (secondary N) is 1. The molecule has 0 aliphatic heterocycles. The number of halogens is 1. The number of hydrogen-bond acceptors (Lipinski definition) is 1. The molecule has 0 fully saturated rings. The van der Waals surface area contributed by atoms with Gasteiger partial charge in [0.25, 0.3) is 0 Å². The van der Waals surface area contributed by atoms with Gasteiger partial charge in [0, 0.05) is 5.33 Å². The lowest BCUT2D eigenvalue weighted by molar-refractivity contribution is 0.638. The smallest absolute Gasteiger partial charge is 0.00313 e. The van der Waals surface area contributed by atoms with Gasteiger partial charge in [-0.15, -0.1) is 0 Å². The van der Waals surface area contributed by atoms with Crippen molar-refractivity contribution in [3.63, 3.8) is 0 Å². The van der Waals surface area contributed by atoms with Crippen LogP contribution in [0.15, 0.2) is 0 Å². The second kappa shape index (κ2) is 8.44. The van der Waals surface area contributed by atoms with E-state index in [2.05, 4.69) is 21.2 Å². The van der Waals surface area contributed by atoms with Gasteiger partial charge in [0.15, 0.2) is 0 Å². The molecular weight excluding hydrogens is 178 g/mol. The zero-order valence-electron chi connectivity index (χ0n) is 6.12. The minimum absolute atomic E-state index is 1.16. The number of hydrogen-bond donors (Lipinski definition) is 1. The van der Waals surface area contributed by atoms with Crippen molar-refractivity contribution in [3.05, 3.63) is 0 Å². The Bertz CT molecular complexity index is 42.2. The van der Waals surface area contributed by atoms with Gasteiger partial charge >= 0.3 is 0 Å². The Morgan fingerprint density at radius 2 is 1.78 bits per heavy atom. The Labute approximate surface area is 66.3 Å². The van der Waals surface area contributed by atoms with Gasteiger partial charge in [0.1, 0.15) is 0 Å². The first-order valence-corrected chi connectivity index (χ1v) is 4.74. The predicted octanol–water partition coefficient (Wildman–Crippen LogP) is 2.16. The van der Waals surface area contributed by atoms with E-state index in [9.17, 15) is 0 Å². The number of rotatable bonds is 6. The zero-order valence-corrected chi connectivity index (χ0v) is 7.71. The molecule has 0 radical (unpaired) electrons. The Morgan fingerprint density at radius 1 is 1.11 bits per heavy atom. The molecule has 1 nitrogen and oxygen atoms in total. The second-order valence-corrected chi connectivity index (χ2v) is 3.00. The largest absolute Gasteiger partial charge is 0.320 e. The molecule has 0 saturated carbocycles. The summed E-state index contributed by atoms with van der Waals surface area (Å²) in [6.07, 6.45) is 5.38. The molecular formula is C7H16BrN. The highest BCUT2D eigenvalue weighted by molar-refractivity contribution is 9.09. The third kappa shape index (κ3) is 8.44. The van der Waals surface area contributed by atoms with Gasteiger partial charge in [-0.1, -0.05) is 28.8 Å². The summed E-state index contributed by atoms with van der Waals surface area (Å²) in [6, 6.07) is 0. The Morgan fingerprint density at radius 3 is 2.33 bits per heavy atom. The van der Waals surface area contributed by atoms with Crippen molar-refractivity contribution < 1.29 is 0 Å². The van der Waals surface area contributed by atoms with Gasteiger partial charge < -0.3 is 5.32 Å². The molecule has 0 rings (SSSR count). The van der Waals surface area contributed by atoms with Crippen LogP contribution in [0.25, 0.3) is 0 Å². The zero-order chi connectivity index (χ0) is 6.95. The maximum atomic E-state index is 3.40. The monoisotopic (exact) mass is 193 g/mol. The molecule has 0 saturated heterocycles. The maximum absolute atomic E-state index is 3.40. The Balaban J connectivity index is 2.60. The molecule has 0 amide bonds. The molecule has 0 aromatic carbocycles. The van der Waals surface area contributed by atoms with E-state index in [0.717, 1.165) is 5.33 Å². The predicted molar refractivity (Wildman–Crippen MR) is 46.2 cm³/mol.